The first-order chi connectivity index (χ1) is 11.5. The SMILES string of the molecule is CC(=O)Cc1cnc2nc(-c3cn(C)c4cc(F)ccc34)oc2c1. The van der Waals surface area contributed by atoms with Crippen molar-refractivity contribution in [1.29, 1.82) is 0 Å². The first kappa shape index (κ1) is 14.6. The van der Waals surface area contributed by atoms with Crippen molar-refractivity contribution in [2.24, 2.45) is 7.05 Å². The highest BCUT2D eigenvalue weighted by Crippen LogP contribution is 2.32. The van der Waals surface area contributed by atoms with Gasteiger partial charge < -0.3 is 8.98 Å². The second kappa shape index (κ2) is 5.26. The summed E-state index contributed by atoms with van der Waals surface area (Å²) in [5, 5.41) is 0.856. The molecule has 1 aromatic carbocycles. The molecule has 0 atom stereocenters. The first-order valence-corrected chi connectivity index (χ1v) is 7.51. The molecule has 0 bridgehead atoms. The van der Waals surface area contributed by atoms with E-state index in [2.05, 4.69) is 9.97 Å². The van der Waals surface area contributed by atoms with Gasteiger partial charge in [-0.05, 0) is 36.8 Å². The summed E-state index contributed by atoms with van der Waals surface area (Å²) >= 11 is 0. The van der Waals surface area contributed by atoms with E-state index in [0.717, 1.165) is 22.0 Å². The van der Waals surface area contributed by atoms with Crippen molar-refractivity contribution in [1.82, 2.24) is 14.5 Å². The molecular weight excluding hydrogens is 309 g/mol. The maximum absolute atomic E-state index is 13.5. The Bertz CT molecular complexity index is 1090. The summed E-state index contributed by atoms with van der Waals surface area (Å²) in [5.41, 5.74) is 3.34. The van der Waals surface area contributed by atoms with Crippen molar-refractivity contribution in [2.75, 3.05) is 0 Å². The van der Waals surface area contributed by atoms with Gasteiger partial charge >= 0.3 is 0 Å². The van der Waals surface area contributed by atoms with Crippen LogP contribution in [0.3, 0.4) is 0 Å². The van der Waals surface area contributed by atoms with Crippen LogP contribution < -0.4 is 0 Å². The van der Waals surface area contributed by atoms with Crippen molar-refractivity contribution in [3.8, 4) is 11.5 Å². The van der Waals surface area contributed by atoms with E-state index < -0.39 is 0 Å². The van der Waals surface area contributed by atoms with Crippen molar-refractivity contribution >= 4 is 27.9 Å². The van der Waals surface area contributed by atoms with E-state index >= 15 is 0 Å². The number of nitrogens with zero attached hydrogens (tertiary/aromatic N) is 3. The Labute approximate surface area is 136 Å². The largest absolute Gasteiger partial charge is 0.434 e. The molecule has 0 saturated carbocycles. The van der Waals surface area contributed by atoms with Crippen LogP contribution in [0, 0.1) is 5.82 Å². The molecule has 5 nitrogen and oxygen atoms in total. The molecule has 0 N–H and O–H groups in total. The predicted molar refractivity (Wildman–Crippen MR) is 88.1 cm³/mol. The fraction of sp³-hybridized carbons (Fsp3) is 0.167. The van der Waals surface area contributed by atoms with Gasteiger partial charge in [-0.1, -0.05) is 0 Å². The van der Waals surface area contributed by atoms with E-state index in [1.165, 1.54) is 19.1 Å². The van der Waals surface area contributed by atoms with Gasteiger partial charge in [0.2, 0.25) is 5.89 Å². The zero-order valence-electron chi connectivity index (χ0n) is 13.2. The second-order valence-corrected chi connectivity index (χ2v) is 5.88. The average Bonchev–Trinajstić information content (AvgIpc) is 3.08. The number of ketones is 1. The van der Waals surface area contributed by atoms with Crippen LogP contribution in [0.25, 0.3) is 33.6 Å². The Morgan fingerprint density at radius 1 is 1.33 bits per heavy atom. The zero-order valence-corrected chi connectivity index (χ0v) is 13.2. The van der Waals surface area contributed by atoms with Gasteiger partial charge in [-0.25, -0.2) is 9.37 Å². The number of oxazole rings is 1. The number of rotatable bonds is 3. The van der Waals surface area contributed by atoms with E-state index in [1.54, 1.807) is 18.3 Å². The molecule has 4 rings (SSSR count). The molecule has 0 aliphatic carbocycles. The van der Waals surface area contributed by atoms with Crippen LogP contribution >= 0.6 is 0 Å². The number of benzene rings is 1. The minimum absolute atomic E-state index is 0.0620. The molecule has 0 aliphatic heterocycles. The van der Waals surface area contributed by atoms with E-state index in [4.69, 9.17) is 4.42 Å². The Morgan fingerprint density at radius 3 is 2.96 bits per heavy atom. The maximum Gasteiger partial charge on any atom is 0.231 e. The molecule has 120 valence electrons. The van der Waals surface area contributed by atoms with Crippen molar-refractivity contribution in [3.63, 3.8) is 0 Å². The molecular formula is C18H14FN3O2. The molecule has 0 saturated heterocycles. The molecule has 0 aliphatic rings. The fourth-order valence-electron chi connectivity index (χ4n) is 2.89. The second-order valence-electron chi connectivity index (χ2n) is 5.88. The van der Waals surface area contributed by atoms with Crippen LogP contribution in [0.5, 0.6) is 0 Å². The summed E-state index contributed by atoms with van der Waals surface area (Å²) < 4.78 is 21.1. The summed E-state index contributed by atoms with van der Waals surface area (Å²) in [7, 11) is 1.84. The number of carbonyl (C=O) groups is 1. The van der Waals surface area contributed by atoms with Crippen LogP contribution in [0.1, 0.15) is 12.5 Å². The zero-order chi connectivity index (χ0) is 16.8. The van der Waals surface area contributed by atoms with Gasteiger partial charge in [-0.3, -0.25) is 4.79 Å². The smallest absolute Gasteiger partial charge is 0.231 e. The summed E-state index contributed by atoms with van der Waals surface area (Å²) in [6.07, 6.45) is 3.80. The normalized spacial score (nSPS) is 11.5. The molecule has 3 heterocycles. The number of halogens is 1. The molecule has 0 spiro atoms. The summed E-state index contributed by atoms with van der Waals surface area (Å²) in [4.78, 5) is 19.9. The third-order valence-electron chi connectivity index (χ3n) is 3.94. The quantitative estimate of drug-likeness (QED) is 0.577. The van der Waals surface area contributed by atoms with E-state index in [1.807, 2.05) is 17.8 Å². The lowest BCUT2D eigenvalue weighted by molar-refractivity contribution is -0.116. The van der Waals surface area contributed by atoms with Crippen LogP contribution in [0.2, 0.25) is 0 Å². The molecule has 6 heteroatoms. The summed E-state index contributed by atoms with van der Waals surface area (Å²) in [5.74, 6) is 0.199. The minimum Gasteiger partial charge on any atom is -0.434 e. The fourth-order valence-corrected chi connectivity index (χ4v) is 2.89. The van der Waals surface area contributed by atoms with Crippen molar-refractivity contribution < 1.29 is 13.6 Å². The van der Waals surface area contributed by atoms with Gasteiger partial charge in [0.15, 0.2) is 11.2 Å². The monoisotopic (exact) mass is 323 g/mol. The summed E-state index contributed by atoms with van der Waals surface area (Å²) in [6.45, 7) is 1.53. The van der Waals surface area contributed by atoms with E-state index in [9.17, 15) is 9.18 Å². The molecule has 0 fully saturated rings. The third-order valence-corrected chi connectivity index (χ3v) is 3.94. The number of hydrogen-bond donors (Lipinski definition) is 0. The van der Waals surface area contributed by atoms with Gasteiger partial charge in [0.25, 0.3) is 0 Å². The highest BCUT2D eigenvalue weighted by atomic mass is 19.1. The molecule has 0 unspecified atom stereocenters. The average molecular weight is 323 g/mol. The van der Waals surface area contributed by atoms with Gasteiger partial charge in [0.05, 0.1) is 11.1 Å². The van der Waals surface area contributed by atoms with Crippen molar-refractivity contribution in [3.05, 3.63) is 48.0 Å². The van der Waals surface area contributed by atoms with Crippen LogP contribution in [0.15, 0.2) is 41.1 Å². The van der Waals surface area contributed by atoms with E-state index in [0.29, 0.717) is 23.5 Å². The highest BCUT2D eigenvalue weighted by molar-refractivity contribution is 5.95. The van der Waals surface area contributed by atoms with Crippen LogP contribution in [-0.4, -0.2) is 20.3 Å². The van der Waals surface area contributed by atoms with Crippen molar-refractivity contribution in [2.45, 2.75) is 13.3 Å². The first-order valence-electron chi connectivity index (χ1n) is 7.51. The van der Waals surface area contributed by atoms with E-state index in [-0.39, 0.29) is 11.6 Å². The number of hydrogen-bond acceptors (Lipinski definition) is 4. The van der Waals surface area contributed by atoms with Crippen LogP contribution in [-0.2, 0) is 18.3 Å². The highest BCUT2D eigenvalue weighted by Gasteiger charge is 2.16. The number of aromatic nitrogens is 3. The molecule has 4 aromatic rings. The maximum atomic E-state index is 13.5. The third kappa shape index (κ3) is 2.36. The number of fused-ring (bicyclic) bond motifs is 2. The van der Waals surface area contributed by atoms with Gasteiger partial charge in [-0.2, -0.15) is 4.98 Å². The molecule has 0 amide bonds. The van der Waals surface area contributed by atoms with Gasteiger partial charge in [0.1, 0.15) is 11.6 Å². The Balaban J connectivity index is 1.86. The molecule has 3 aromatic heterocycles. The number of Topliss-reactive ketones (excluding diaryl/α,β-unsaturated/α-hetero) is 1. The number of pyridine rings is 1. The standard InChI is InChI=1S/C18H14FN3O2/c1-10(23)5-11-6-16-17(20-8-11)21-18(24-16)14-9-22(2)15-7-12(19)3-4-13(14)15/h3-4,6-9H,5H2,1-2H3. The summed E-state index contributed by atoms with van der Waals surface area (Å²) in [6, 6.07) is 6.39. The number of aryl methyl sites for hydroxylation is 1. The lowest BCUT2D eigenvalue weighted by atomic mass is 10.1. The Kier molecular flexibility index (Phi) is 3.19. The topological polar surface area (TPSA) is 60.9 Å². The minimum atomic E-state index is -0.289. The molecule has 24 heavy (non-hydrogen) atoms. The molecule has 0 radical (unpaired) electrons. The van der Waals surface area contributed by atoms with Gasteiger partial charge in [-0.15, -0.1) is 0 Å². The van der Waals surface area contributed by atoms with Crippen LogP contribution in [0.4, 0.5) is 4.39 Å². The lowest BCUT2D eigenvalue weighted by Crippen LogP contribution is -1.96. The lowest BCUT2D eigenvalue weighted by Gasteiger charge is -1.95. The predicted octanol–water partition coefficient (Wildman–Crippen LogP) is 3.65. The Hall–Kier alpha value is -3.02. The number of carbonyl (C=O) groups excluding carboxylic acids is 1. The van der Waals surface area contributed by atoms with Gasteiger partial charge in [0, 0.05) is 31.2 Å². The Morgan fingerprint density at radius 2 is 2.17 bits per heavy atom.